The standard InChI is InChI=1S/C28BF28.C16H18I/c30-9-1(25(46,47)48)10(31)18(39)5(17(9)38)29(6-19(40)11(32)2(26(49,50)51)12(33)20(6)41,7-21(42)13(34)3(27(52,53)54)14(35)22(7)43)8-23(44)15(36)4(28(55,56)57)16(37)24(8)45;1-13-9-7-8-12-15(13)17-16(2,3)14-10-5-4-6-11-14/h;4-12H,1-3H3/q-1;+1. The largest absolute Gasteiger partial charge is 0.422 e. The van der Waals surface area contributed by atoms with Gasteiger partial charge in [0, 0.05) is 11.1 Å². The van der Waals surface area contributed by atoms with Crippen molar-refractivity contribution in [3.05, 3.63) is 185 Å². The van der Waals surface area contributed by atoms with Crippen LogP contribution in [0.1, 0.15) is 47.2 Å². The lowest BCUT2D eigenvalue weighted by Gasteiger charge is -2.45. The molecule has 0 radical (unpaired) electrons. The number of alkyl halides is 13. The average Bonchev–Trinajstić information content (AvgIpc) is 3.26. The quantitative estimate of drug-likeness (QED) is 0.0491. The number of aryl methyl sites for hydroxylation is 1. The van der Waals surface area contributed by atoms with Crippen molar-refractivity contribution in [2.24, 2.45) is 0 Å². The number of benzene rings is 6. The molecular formula is C44H18BF28I. The molecule has 0 heterocycles. The minimum atomic E-state index is -8.18. The minimum absolute atomic E-state index is 0.0200. The van der Waals surface area contributed by atoms with Crippen LogP contribution in [0.5, 0.6) is 0 Å². The molecular weight excluding hydrogens is 1200 g/mol. The molecule has 0 aliphatic heterocycles. The zero-order chi connectivity index (χ0) is 56.7. The predicted molar refractivity (Wildman–Crippen MR) is 199 cm³/mol. The Balaban J connectivity index is 0.000000500. The average molecular weight is 1220 g/mol. The number of halogens is 29. The van der Waals surface area contributed by atoms with Crippen molar-refractivity contribution in [2.45, 2.75) is 48.9 Å². The number of hydrogen-bond acceptors (Lipinski definition) is 0. The van der Waals surface area contributed by atoms with Crippen LogP contribution in [0, 0.1) is 104 Å². The molecule has 0 atom stereocenters. The third-order valence-corrected chi connectivity index (χ3v) is 14.7. The molecule has 74 heavy (non-hydrogen) atoms. The van der Waals surface area contributed by atoms with Crippen molar-refractivity contribution in [2.75, 3.05) is 0 Å². The molecule has 0 N–H and O–H groups in total. The van der Waals surface area contributed by atoms with Gasteiger partial charge in [0.2, 0.25) is 0 Å². The zero-order valence-corrected chi connectivity index (χ0v) is 37.9. The van der Waals surface area contributed by atoms with Crippen molar-refractivity contribution < 1.29 is 144 Å². The fraction of sp³-hybridized carbons (Fsp3) is 0.182. The summed E-state index contributed by atoms with van der Waals surface area (Å²) in [6.45, 7) is 6.94. The fourth-order valence-electron chi connectivity index (χ4n) is 7.78. The van der Waals surface area contributed by atoms with Crippen LogP contribution in [0.4, 0.5) is 123 Å². The van der Waals surface area contributed by atoms with E-state index in [-0.39, 0.29) is 21.2 Å². The normalized spacial score (nSPS) is 12.9. The Morgan fingerprint density at radius 1 is 0.311 bits per heavy atom. The molecule has 0 amide bonds. The molecule has 30 heteroatoms. The highest BCUT2D eigenvalue weighted by atomic mass is 127. The summed E-state index contributed by atoms with van der Waals surface area (Å²) in [6.07, 6.45) is -35.7. The first kappa shape index (κ1) is 59.0. The smallest absolute Gasteiger partial charge is 0.207 e. The summed E-state index contributed by atoms with van der Waals surface area (Å²) < 4.78 is 411. The van der Waals surface area contributed by atoms with E-state index in [1.165, 1.54) is 11.1 Å². The molecule has 6 rings (SSSR count). The molecule has 0 aliphatic rings. The van der Waals surface area contributed by atoms with Crippen LogP contribution in [-0.4, -0.2) is 6.15 Å². The molecule has 0 saturated heterocycles. The van der Waals surface area contributed by atoms with E-state index < -0.39 is 168 Å². The van der Waals surface area contributed by atoms with Gasteiger partial charge in [-0.2, -0.15) is 52.7 Å². The van der Waals surface area contributed by atoms with Gasteiger partial charge >= 0.3 is 45.9 Å². The van der Waals surface area contributed by atoms with Gasteiger partial charge in [-0.1, -0.05) is 48.5 Å². The molecule has 0 fully saturated rings. The summed E-state index contributed by atoms with van der Waals surface area (Å²) in [4.78, 5) is 0. The summed E-state index contributed by atoms with van der Waals surface area (Å²) in [6, 6.07) is 19.6. The zero-order valence-electron chi connectivity index (χ0n) is 35.7. The van der Waals surface area contributed by atoms with Crippen molar-refractivity contribution in [1.29, 1.82) is 0 Å². The highest BCUT2D eigenvalue weighted by molar-refractivity contribution is 7.20. The van der Waals surface area contributed by atoms with Crippen LogP contribution in [0.15, 0.2) is 54.6 Å². The van der Waals surface area contributed by atoms with Crippen molar-refractivity contribution >= 4 is 28.0 Å². The second kappa shape index (κ2) is 20.0. The molecule has 6 aromatic rings. The van der Waals surface area contributed by atoms with Gasteiger partial charge in [0.25, 0.3) is 0 Å². The second-order valence-corrected chi connectivity index (χ2v) is 20.1. The Kier molecular flexibility index (Phi) is 16.0. The van der Waals surface area contributed by atoms with Gasteiger partial charge in [0.15, 0.2) is 53.5 Å². The maximum atomic E-state index is 15.9. The van der Waals surface area contributed by atoms with Gasteiger partial charge in [0.1, 0.15) is 74.9 Å². The van der Waals surface area contributed by atoms with Gasteiger partial charge in [-0.15, -0.1) is 21.9 Å². The van der Waals surface area contributed by atoms with E-state index in [0.29, 0.717) is 3.42 Å². The van der Waals surface area contributed by atoms with Crippen LogP contribution in [0.3, 0.4) is 0 Å². The van der Waals surface area contributed by atoms with E-state index in [1.54, 1.807) is 3.57 Å². The van der Waals surface area contributed by atoms with E-state index in [9.17, 15) is 52.7 Å². The maximum absolute atomic E-state index is 15.9. The van der Waals surface area contributed by atoms with E-state index in [4.69, 9.17) is 0 Å². The summed E-state index contributed by atoms with van der Waals surface area (Å²) in [7, 11) is 0. The highest BCUT2D eigenvalue weighted by Gasteiger charge is 2.56. The molecule has 0 aliphatic carbocycles. The van der Waals surface area contributed by atoms with Gasteiger partial charge in [-0.3, -0.25) is 0 Å². The molecule has 0 nitrogen and oxygen atoms in total. The Labute approximate surface area is 404 Å². The SMILES string of the molecule is Cc1ccccc1[I+]C(C)(C)c1ccccc1.Fc1c(F)c(C(F)(F)F)c(F)c(F)c1[B-](c1c(F)c(F)c(C(F)(F)F)c(F)c1F)(c1c(F)c(F)c(C(F)(F)F)c(F)c1F)c1c(F)c(F)c(C(F)(F)F)c(F)c1F. The predicted octanol–water partition coefficient (Wildman–Crippen LogP) is 10.6. The maximum Gasteiger partial charge on any atom is 0.422 e. The monoisotopic (exact) mass is 1220 g/mol. The third kappa shape index (κ3) is 9.93. The molecule has 0 saturated carbocycles. The van der Waals surface area contributed by atoms with Crippen LogP contribution >= 0.6 is 0 Å². The van der Waals surface area contributed by atoms with Crippen molar-refractivity contribution in [3.63, 3.8) is 0 Å². The Hall–Kier alpha value is -5.85. The number of rotatable bonds is 7. The molecule has 0 aromatic heterocycles. The van der Waals surface area contributed by atoms with Gasteiger partial charge < -0.3 is 0 Å². The lowest BCUT2D eigenvalue weighted by Crippen LogP contribution is -3.66. The molecule has 6 aromatic carbocycles. The summed E-state index contributed by atoms with van der Waals surface area (Å²) in [5, 5.41) is 0. The van der Waals surface area contributed by atoms with Gasteiger partial charge in [-0.05, 0) is 26.8 Å². The summed E-state index contributed by atoms with van der Waals surface area (Å²) in [5.74, 6) is -69.9. The Morgan fingerprint density at radius 2 is 0.527 bits per heavy atom. The molecule has 0 unspecified atom stereocenters. The summed E-state index contributed by atoms with van der Waals surface area (Å²) >= 11 is -0.0200. The fourth-order valence-corrected chi connectivity index (χ4v) is 10.9. The van der Waals surface area contributed by atoms with Gasteiger partial charge in [-0.25, -0.2) is 70.2 Å². The first-order valence-electron chi connectivity index (χ1n) is 19.3. The van der Waals surface area contributed by atoms with Gasteiger partial charge in [0.05, 0.1) is 0 Å². The number of hydrogen-bond donors (Lipinski definition) is 0. The second-order valence-electron chi connectivity index (χ2n) is 15.7. The first-order chi connectivity index (χ1) is 33.6. The van der Waals surface area contributed by atoms with Crippen LogP contribution in [0.2, 0.25) is 0 Å². The Bertz CT molecular complexity index is 2740. The van der Waals surface area contributed by atoms with E-state index >= 15 is 70.2 Å². The third-order valence-electron chi connectivity index (χ3n) is 10.9. The van der Waals surface area contributed by atoms with Crippen LogP contribution in [-0.2, 0) is 28.1 Å². The molecule has 400 valence electrons. The lowest BCUT2D eigenvalue weighted by molar-refractivity contribution is -0.705. The van der Waals surface area contributed by atoms with Crippen molar-refractivity contribution in [1.82, 2.24) is 0 Å². The van der Waals surface area contributed by atoms with E-state index in [2.05, 4.69) is 75.4 Å². The Morgan fingerprint density at radius 3 is 0.743 bits per heavy atom. The minimum Gasteiger partial charge on any atom is -0.207 e. The molecule has 0 bridgehead atoms. The van der Waals surface area contributed by atoms with E-state index in [1.807, 2.05) is 0 Å². The van der Waals surface area contributed by atoms with Crippen LogP contribution < -0.4 is 43.1 Å². The van der Waals surface area contributed by atoms with Crippen molar-refractivity contribution in [3.8, 4) is 0 Å². The van der Waals surface area contributed by atoms with Crippen LogP contribution in [0.25, 0.3) is 0 Å². The lowest BCUT2D eigenvalue weighted by atomic mass is 9.12. The summed E-state index contributed by atoms with van der Waals surface area (Å²) in [5.41, 5.74) is -30.5. The first-order valence-corrected chi connectivity index (χ1v) is 21.5. The topological polar surface area (TPSA) is 0 Å². The highest BCUT2D eigenvalue weighted by Crippen LogP contribution is 2.42. The van der Waals surface area contributed by atoms with E-state index in [0.717, 1.165) is 0 Å². The molecule has 0 spiro atoms.